The first-order chi connectivity index (χ1) is 12.1. The highest BCUT2D eigenvalue weighted by molar-refractivity contribution is 6.32. The fraction of sp³-hybridized carbons (Fsp3) is 0.389. The number of aliphatic hydroxyl groups is 1. The number of nitrogens with zero attached hydrogens (tertiary/aromatic N) is 4. The maximum Gasteiger partial charge on any atom is 0.265 e. The van der Waals surface area contributed by atoms with Crippen molar-refractivity contribution in [3.8, 4) is 11.6 Å². The molecule has 2 bridgehead atoms. The largest absolute Gasteiger partial charge is 0.434 e. The van der Waals surface area contributed by atoms with E-state index in [0.717, 1.165) is 37.9 Å². The molecule has 5 rings (SSSR count). The molecule has 2 heterocycles. The average Bonchev–Trinajstić information content (AvgIpc) is 3.28. The van der Waals surface area contributed by atoms with Crippen LogP contribution in [-0.4, -0.2) is 30.3 Å². The quantitative estimate of drug-likeness (QED) is 0.777. The summed E-state index contributed by atoms with van der Waals surface area (Å²) in [7, 11) is 0. The zero-order chi connectivity index (χ0) is 17.1. The Kier molecular flexibility index (Phi) is 3.12. The number of hydrogen-bond acceptors (Lipinski definition) is 5. The average molecular weight is 357 g/mol. The third kappa shape index (κ3) is 2.24. The van der Waals surface area contributed by atoms with E-state index in [0.29, 0.717) is 22.3 Å². The molecule has 2 fully saturated rings. The molecule has 0 radical (unpaired) electrons. The Hall–Kier alpha value is -2.18. The lowest BCUT2D eigenvalue weighted by atomic mass is 9.83. The second-order valence-electron chi connectivity index (χ2n) is 7.16. The van der Waals surface area contributed by atoms with Gasteiger partial charge in [-0.1, -0.05) is 23.7 Å². The van der Waals surface area contributed by atoms with Gasteiger partial charge in [0.15, 0.2) is 0 Å². The molecule has 0 unspecified atom stereocenters. The fourth-order valence-corrected chi connectivity index (χ4v) is 4.52. The van der Waals surface area contributed by atoms with Gasteiger partial charge >= 0.3 is 0 Å². The smallest absolute Gasteiger partial charge is 0.265 e. The number of aromatic nitrogens is 4. The van der Waals surface area contributed by atoms with Crippen molar-refractivity contribution in [2.24, 2.45) is 0 Å². The summed E-state index contributed by atoms with van der Waals surface area (Å²) in [6.45, 7) is 0. The monoisotopic (exact) mass is 356 g/mol. The minimum absolute atomic E-state index is 0.100. The molecule has 2 aliphatic rings. The lowest BCUT2D eigenvalue weighted by Gasteiger charge is -2.24. The molecule has 1 aromatic carbocycles. The molecule has 0 saturated heterocycles. The summed E-state index contributed by atoms with van der Waals surface area (Å²) in [6.07, 6.45) is 7.82. The SMILES string of the molecule is OC12CCC(c3nnc4c(Oc5ccccc5Cl)nccn34)(CC1)C2. The van der Waals surface area contributed by atoms with Crippen LogP contribution < -0.4 is 4.74 Å². The van der Waals surface area contributed by atoms with E-state index in [2.05, 4.69) is 15.2 Å². The molecule has 2 aromatic heterocycles. The maximum atomic E-state index is 10.5. The predicted octanol–water partition coefficient (Wildman–Crippen LogP) is 3.52. The van der Waals surface area contributed by atoms with Gasteiger partial charge in [-0.15, -0.1) is 10.2 Å². The number of halogens is 1. The highest BCUT2D eigenvalue weighted by Crippen LogP contribution is 2.57. The van der Waals surface area contributed by atoms with Crippen molar-refractivity contribution in [2.75, 3.05) is 0 Å². The van der Waals surface area contributed by atoms with Gasteiger partial charge in [-0.3, -0.25) is 4.40 Å². The van der Waals surface area contributed by atoms with Gasteiger partial charge in [0.25, 0.3) is 5.88 Å². The Labute approximate surface area is 149 Å². The summed E-state index contributed by atoms with van der Waals surface area (Å²) in [5, 5.41) is 19.8. The number of fused-ring (bicyclic) bond motifs is 3. The van der Waals surface area contributed by atoms with Crippen molar-refractivity contribution in [1.29, 1.82) is 0 Å². The van der Waals surface area contributed by atoms with E-state index in [1.807, 2.05) is 22.7 Å². The molecule has 1 N–H and O–H groups in total. The van der Waals surface area contributed by atoms with Crippen molar-refractivity contribution in [3.05, 3.63) is 47.5 Å². The Morgan fingerprint density at radius 2 is 1.92 bits per heavy atom. The van der Waals surface area contributed by atoms with Crippen molar-refractivity contribution in [1.82, 2.24) is 19.6 Å². The number of hydrogen-bond donors (Lipinski definition) is 1. The molecule has 2 aliphatic carbocycles. The van der Waals surface area contributed by atoms with Crippen molar-refractivity contribution in [2.45, 2.75) is 43.1 Å². The topological polar surface area (TPSA) is 72.5 Å². The maximum absolute atomic E-state index is 10.5. The lowest BCUT2D eigenvalue weighted by molar-refractivity contribution is 0.0521. The van der Waals surface area contributed by atoms with Gasteiger partial charge in [-0.05, 0) is 44.2 Å². The molecule has 0 amide bonds. The number of ether oxygens (including phenoxy) is 1. The molecule has 7 heteroatoms. The van der Waals surface area contributed by atoms with Gasteiger partial charge in [0.1, 0.15) is 11.6 Å². The number of para-hydroxylation sites is 1. The Morgan fingerprint density at radius 3 is 2.64 bits per heavy atom. The van der Waals surface area contributed by atoms with Gasteiger partial charge < -0.3 is 9.84 Å². The first-order valence-corrected chi connectivity index (χ1v) is 8.82. The summed E-state index contributed by atoms with van der Waals surface area (Å²) in [5.41, 5.74) is -0.0680. The minimum atomic E-state index is -0.532. The van der Waals surface area contributed by atoms with Crippen LogP contribution in [0.1, 0.15) is 37.9 Å². The van der Waals surface area contributed by atoms with Gasteiger partial charge in [0.2, 0.25) is 5.65 Å². The third-order valence-corrected chi connectivity index (χ3v) is 5.93. The van der Waals surface area contributed by atoms with E-state index in [1.54, 1.807) is 18.3 Å². The van der Waals surface area contributed by atoms with E-state index in [1.165, 1.54) is 0 Å². The molecular formula is C18H17ClN4O2. The molecule has 6 nitrogen and oxygen atoms in total. The first kappa shape index (κ1) is 15.1. The van der Waals surface area contributed by atoms with Crippen LogP contribution in [-0.2, 0) is 5.41 Å². The second-order valence-corrected chi connectivity index (χ2v) is 7.57. The number of benzene rings is 1. The number of rotatable bonds is 3. The van der Waals surface area contributed by atoms with Crippen molar-refractivity contribution in [3.63, 3.8) is 0 Å². The van der Waals surface area contributed by atoms with Crippen LogP contribution in [0.3, 0.4) is 0 Å². The van der Waals surface area contributed by atoms with Crippen LogP contribution in [0, 0.1) is 0 Å². The zero-order valence-corrected chi connectivity index (χ0v) is 14.3. The van der Waals surface area contributed by atoms with Crippen LogP contribution in [0.25, 0.3) is 5.65 Å². The van der Waals surface area contributed by atoms with Crippen LogP contribution >= 0.6 is 11.6 Å². The van der Waals surface area contributed by atoms with Crippen molar-refractivity contribution < 1.29 is 9.84 Å². The predicted molar refractivity (Wildman–Crippen MR) is 92.0 cm³/mol. The van der Waals surface area contributed by atoms with Crippen LogP contribution in [0.15, 0.2) is 36.7 Å². The summed E-state index contributed by atoms with van der Waals surface area (Å²) in [5.74, 6) is 1.79. The van der Waals surface area contributed by atoms with Gasteiger partial charge in [-0.2, -0.15) is 0 Å². The summed E-state index contributed by atoms with van der Waals surface area (Å²) in [6, 6.07) is 7.26. The molecule has 25 heavy (non-hydrogen) atoms. The Balaban J connectivity index is 1.58. The lowest BCUT2D eigenvalue weighted by Crippen LogP contribution is -2.23. The van der Waals surface area contributed by atoms with Gasteiger partial charge in [0, 0.05) is 17.8 Å². The van der Waals surface area contributed by atoms with E-state index >= 15 is 0 Å². The minimum Gasteiger partial charge on any atom is -0.434 e. The molecular weight excluding hydrogens is 340 g/mol. The van der Waals surface area contributed by atoms with Gasteiger partial charge in [-0.25, -0.2) is 4.98 Å². The van der Waals surface area contributed by atoms with E-state index in [9.17, 15) is 5.11 Å². The molecule has 128 valence electrons. The summed E-state index contributed by atoms with van der Waals surface area (Å²) >= 11 is 6.18. The van der Waals surface area contributed by atoms with Crippen molar-refractivity contribution >= 4 is 17.2 Å². The van der Waals surface area contributed by atoms with Gasteiger partial charge in [0.05, 0.1) is 10.6 Å². The Morgan fingerprint density at radius 1 is 1.12 bits per heavy atom. The third-order valence-electron chi connectivity index (χ3n) is 5.62. The van der Waals surface area contributed by atoms with E-state index < -0.39 is 5.60 Å². The molecule has 0 spiro atoms. The summed E-state index contributed by atoms with van der Waals surface area (Å²) < 4.78 is 7.82. The molecule has 2 saturated carbocycles. The fourth-order valence-electron chi connectivity index (χ4n) is 4.35. The summed E-state index contributed by atoms with van der Waals surface area (Å²) in [4.78, 5) is 4.30. The highest BCUT2D eigenvalue weighted by atomic mass is 35.5. The molecule has 0 atom stereocenters. The van der Waals surface area contributed by atoms with Crippen LogP contribution in [0.2, 0.25) is 5.02 Å². The van der Waals surface area contributed by atoms with E-state index in [-0.39, 0.29) is 5.41 Å². The Bertz CT molecular complexity index is 963. The second kappa shape index (κ2) is 5.16. The van der Waals surface area contributed by atoms with Crippen LogP contribution in [0.5, 0.6) is 11.6 Å². The van der Waals surface area contributed by atoms with Crippen LogP contribution in [0.4, 0.5) is 0 Å². The standard InChI is InChI=1S/C18H17ClN4O2/c19-12-3-1-2-4-13(12)25-15-14-21-22-16(23(14)10-9-20-15)17-5-7-18(24,11-17)8-6-17/h1-4,9-10,24H,5-8,11H2. The highest BCUT2D eigenvalue weighted by Gasteiger charge is 2.56. The molecule has 3 aromatic rings. The first-order valence-electron chi connectivity index (χ1n) is 8.44. The zero-order valence-electron chi connectivity index (χ0n) is 13.5. The van der Waals surface area contributed by atoms with E-state index in [4.69, 9.17) is 16.3 Å². The normalized spacial score (nSPS) is 27.9. The molecule has 0 aliphatic heterocycles.